The van der Waals surface area contributed by atoms with Crippen molar-refractivity contribution >= 4 is 34.8 Å². The van der Waals surface area contributed by atoms with Gasteiger partial charge < -0.3 is 15.4 Å². The minimum atomic E-state index is -0.333. The van der Waals surface area contributed by atoms with Crippen molar-refractivity contribution < 1.29 is 14.3 Å². The van der Waals surface area contributed by atoms with Crippen molar-refractivity contribution in [2.24, 2.45) is 0 Å². The van der Waals surface area contributed by atoms with Crippen molar-refractivity contribution in [3.63, 3.8) is 0 Å². The molecule has 0 radical (unpaired) electrons. The molecule has 0 atom stereocenters. The highest BCUT2D eigenvalue weighted by Crippen LogP contribution is 2.24. The highest BCUT2D eigenvalue weighted by Gasteiger charge is 2.12. The third-order valence-electron chi connectivity index (χ3n) is 3.84. The molecule has 0 fully saturated rings. The van der Waals surface area contributed by atoms with E-state index in [2.05, 4.69) is 10.6 Å². The van der Waals surface area contributed by atoms with Crippen LogP contribution in [-0.4, -0.2) is 18.9 Å². The minimum Gasteiger partial charge on any atom is -0.495 e. The van der Waals surface area contributed by atoms with Gasteiger partial charge in [-0.25, -0.2) is 0 Å². The Morgan fingerprint density at radius 3 is 2.11 bits per heavy atom. The normalized spacial score (nSPS) is 10.1. The minimum absolute atomic E-state index is 0.315. The van der Waals surface area contributed by atoms with Gasteiger partial charge in [-0.15, -0.1) is 0 Å². The molecular weight excluding hydrogens is 364 g/mol. The Balaban J connectivity index is 1.75. The Morgan fingerprint density at radius 1 is 0.815 bits per heavy atom. The van der Waals surface area contributed by atoms with Crippen LogP contribution >= 0.6 is 11.6 Å². The molecule has 0 saturated heterocycles. The molecule has 0 aromatic heterocycles. The summed E-state index contributed by atoms with van der Waals surface area (Å²) in [5, 5.41) is 6.15. The summed E-state index contributed by atoms with van der Waals surface area (Å²) in [5.41, 5.74) is 1.91. The van der Waals surface area contributed by atoms with Crippen LogP contribution in [0, 0.1) is 0 Å². The van der Waals surface area contributed by atoms with Crippen molar-refractivity contribution in [2.75, 3.05) is 17.7 Å². The smallest absolute Gasteiger partial charge is 0.255 e. The summed E-state index contributed by atoms with van der Waals surface area (Å²) in [5.74, 6) is -0.0904. The quantitative estimate of drug-likeness (QED) is 0.664. The van der Waals surface area contributed by atoms with Crippen molar-refractivity contribution in [1.29, 1.82) is 0 Å². The second-order valence-electron chi connectivity index (χ2n) is 5.70. The van der Waals surface area contributed by atoms with Gasteiger partial charge >= 0.3 is 0 Å². The van der Waals surface area contributed by atoms with E-state index in [0.717, 1.165) is 0 Å². The standard InChI is InChI=1S/C21H17ClN2O3/c1-27-19-8-3-2-7-18(19)24-21(26)15-6-4-5-14(13-15)20(25)23-17-11-9-16(22)10-12-17/h2-13H,1H3,(H,23,25)(H,24,26). The molecule has 2 amide bonds. The lowest BCUT2D eigenvalue weighted by Crippen LogP contribution is -2.15. The number of hydrogen-bond donors (Lipinski definition) is 2. The number of amides is 2. The monoisotopic (exact) mass is 380 g/mol. The van der Waals surface area contributed by atoms with Crippen molar-refractivity contribution in [3.8, 4) is 5.75 Å². The molecule has 0 bridgehead atoms. The molecule has 3 aromatic carbocycles. The van der Waals surface area contributed by atoms with Gasteiger partial charge in [0.2, 0.25) is 0 Å². The van der Waals surface area contributed by atoms with Crippen LogP contribution in [-0.2, 0) is 0 Å². The number of nitrogens with one attached hydrogen (secondary N) is 2. The number of halogens is 1. The Bertz CT molecular complexity index is 971. The first-order valence-corrected chi connectivity index (χ1v) is 8.56. The number of ether oxygens (including phenoxy) is 1. The van der Waals surface area contributed by atoms with E-state index in [1.165, 1.54) is 13.2 Å². The lowest BCUT2D eigenvalue weighted by atomic mass is 10.1. The predicted octanol–water partition coefficient (Wildman–Crippen LogP) is 4.85. The molecular formula is C21H17ClN2O3. The van der Waals surface area contributed by atoms with Crippen molar-refractivity contribution in [3.05, 3.63) is 88.9 Å². The molecule has 0 spiro atoms. The molecule has 0 aliphatic rings. The van der Waals surface area contributed by atoms with Crippen LogP contribution in [0.2, 0.25) is 5.02 Å². The number of hydrogen-bond acceptors (Lipinski definition) is 3. The SMILES string of the molecule is COc1ccccc1NC(=O)c1cccc(C(=O)Nc2ccc(Cl)cc2)c1. The number of methoxy groups -OCH3 is 1. The summed E-state index contributed by atoms with van der Waals surface area (Å²) in [7, 11) is 1.53. The first-order chi connectivity index (χ1) is 13.1. The number of carbonyl (C=O) groups is 2. The van der Waals surface area contributed by atoms with Crippen LogP contribution in [0.15, 0.2) is 72.8 Å². The first-order valence-electron chi connectivity index (χ1n) is 8.18. The summed E-state index contributed by atoms with van der Waals surface area (Å²) < 4.78 is 5.23. The fraction of sp³-hybridized carbons (Fsp3) is 0.0476. The van der Waals surface area contributed by atoms with Gasteiger partial charge in [0, 0.05) is 21.8 Å². The molecule has 6 heteroatoms. The Kier molecular flexibility index (Phi) is 5.74. The molecule has 0 heterocycles. The highest BCUT2D eigenvalue weighted by molar-refractivity contribution is 6.30. The van der Waals surface area contributed by atoms with E-state index < -0.39 is 0 Å². The second kappa shape index (κ2) is 8.38. The molecule has 136 valence electrons. The Labute approximate surface area is 161 Å². The van der Waals surface area contributed by atoms with Gasteiger partial charge in [-0.3, -0.25) is 9.59 Å². The Morgan fingerprint density at radius 2 is 1.44 bits per heavy atom. The van der Waals surface area contributed by atoms with Crippen LogP contribution in [0.3, 0.4) is 0 Å². The van der Waals surface area contributed by atoms with Gasteiger partial charge in [0.25, 0.3) is 11.8 Å². The summed E-state index contributed by atoms with van der Waals surface area (Å²) in [4.78, 5) is 25.0. The summed E-state index contributed by atoms with van der Waals surface area (Å²) in [6, 6.07) is 20.4. The van der Waals surface area contributed by atoms with E-state index in [1.54, 1.807) is 60.7 Å². The van der Waals surface area contributed by atoms with E-state index in [-0.39, 0.29) is 11.8 Å². The molecule has 0 aliphatic heterocycles. The number of benzene rings is 3. The largest absolute Gasteiger partial charge is 0.495 e. The molecule has 0 aliphatic carbocycles. The fourth-order valence-corrected chi connectivity index (χ4v) is 2.61. The van der Waals surface area contributed by atoms with E-state index in [4.69, 9.17) is 16.3 Å². The molecule has 2 N–H and O–H groups in total. The number of para-hydroxylation sites is 2. The van der Waals surface area contributed by atoms with E-state index in [1.807, 2.05) is 6.07 Å². The summed E-state index contributed by atoms with van der Waals surface area (Å²) in [6.45, 7) is 0. The molecule has 0 unspecified atom stereocenters. The average molecular weight is 381 g/mol. The second-order valence-corrected chi connectivity index (χ2v) is 6.13. The summed E-state index contributed by atoms with van der Waals surface area (Å²) in [6.07, 6.45) is 0. The number of rotatable bonds is 5. The van der Waals surface area contributed by atoms with Gasteiger partial charge in [0.15, 0.2) is 0 Å². The van der Waals surface area contributed by atoms with E-state index in [9.17, 15) is 9.59 Å². The fourth-order valence-electron chi connectivity index (χ4n) is 2.48. The Hall–Kier alpha value is -3.31. The van der Waals surface area contributed by atoms with Crippen molar-refractivity contribution in [1.82, 2.24) is 0 Å². The molecule has 5 nitrogen and oxygen atoms in total. The molecule has 3 rings (SSSR count). The molecule has 27 heavy (non-hydrogen) atoms. The van der Waals surface area contributed by atoms with Gasteiger partial charge in [-0.2, -0.15) is 0 Å². The highest BCUT2D eigenvalue weighted by atomic mass is 35.5. The number of carbonyl (C=O) groups excluding carboxylic acids is 2. The van der Waals surface area contributed by atoms with Crippen molar-refractivity contribution in [2.45, 2.75) is 0 Å². The van der Waals surface area contributed by atoms with Crippen LogP contribution in [0.4, 0.5) is 11.4 Å². The lowest BCUT2D eigenvalue weighted by Gasteiger charge is -2.10. The van der Waals surface area contributed by atoms with Crippen LogP contribution in [0.5, 0.6) is 5.75 Å². The zero-order valence-corrected chi connectivity index (χ0v) is 15.3. The molecule has 0 saturated carbocycles. The topological polar surface area (TPSA) is 67.4 Å². The van der Waals surface area contributed by atoms with E-state index >= 15 is 0 Å². The number of anilines is 2. The summed E-state index contributed by atoms with van der Waals surface area (Å²) >= 11 is 5.84. The predicted molar refractivity (Wildman–Crippen MR) is 107 cm³/mol. The average Bonchev–Trinajstić information content (AvgIpc) is 2.70. The molecule has 3 aromatic rings. The van der Waals surface area contributed by atoms with Gasteiger partial charge in [0.1, 0.15) is 5.75 Å². The van der Waals surface area contributed by atoms with Crippen LogP contribution in [0.1, 0.15) is 20.7 Å². The third-order valence-corrected chi connectivity index (χ3v) is 4.10. The maximum absolute atomic E-state index is 12.5. The van der Waals surface area contributed by atoms with Gasteiger partial charge in [-0.05, 0) is 54.6 Å². The maximum atomic E-state index is 12.5. The first kappa shape index (κ1) is 18.5. The van der Waals surface area contributed by atoms with Gasteiger partial charge in [0.05, 0.1) is 12.8 Å². The van der Waals surface area contributed by atoms with E-state index in [0.29, 0.717) is 33.3 Å². The zero-order valence-electron chi connectivity index (χ0n) is 14.5. The van der Waals surface area contributed by atoms with Crippen LogP contribution < -0.4 is 15.4 Å². The van der Waals surface area contributed by atoms with Crippen LogP contribution in [0.25, 0.3) is 0 Å². The zero-order chi connectivity index (χ0) is 19.2. The van der Waals surface area contributed by atoms with Gasteiger partial charge in [-0.1, -0.05) is 29.8 Å². The third kappa shape index (κ3) is 4.65. The maximum Gasteiger partial charge on any atom is 0.255 e. The lowest BCUT2D eigenvalue weighted by molar-refractivity contribution is 0.102.